The Bertz CT molecular complexity index is 1130. The third-order valence-corrected chi connectivity index (χ3v) is 3.99. The van der Waals surface area contributed by atoms with Gasteiger partial charge >= 0.3 is 0 Å². The van der Waals surface area contributed by atoms with Crippen LogP contribution in [0.15, 0.2) is 47.6 Å². The van der Waals surface area contributed by atoms with E-state index in [1.54, 1.807) is 18.2 Å². The molecule has 0 unspecified atom stereocenters. The zero-order valence-corrected chi connectivity index (χ0v) is 12.1. The van der Waals surface area contributed by atoms with Gasteiger partial charge in [-0.25, -0.2) is 0 Å². The summed E-state index contributed by atoms with van der Waals surface area (Å²) in [6.45, 7) is 0. The van der Waals surface area contributed by atoms with Crippen molar-refractivity contribution in [1.29, 1.82) is 0 Å². The van der Waals surface area contributed by atoms with Crippen LogP contribution >= 0.6 is 0 Å². The number of nitrogens with one attached hydrogen (secondary N) is 2. The standard InChI is InChI=1S/C16H10N4O4/c21-16-13(9-6-5-8(20(23)24)7-12(9)18-16)15-14(19-22)10-3-1-2-4-11(10)17-15/h1-7,17-18,21H. The molecule has 0 bridgehead atoms. The smallest absolute Gasteiger partial charge is 0.271 e. The molecule has 0 atom stereocenters. The van der Waals surface area contributed by atoms with Gasteiger partial charge in [0.15, 0.2) is 5.88 Å². The molecule has 4 aromatic rings. The normalized spacial score (nSPS) is 11.2. The zero-order valence-electron chi connectivity index (χ0n) is 12.1. The molecule has 0 spiro atoms. The highest BCUT2D eigenvalue weighted by Gasteiger charge is 2.22. The Morgan fingerprint density at radius 3 is 2.58 bits per heavy atom. The molecule has 3 N–H and O–H groups in total. The van der Waals surface area contributed by atoms with Gasteiger partial charge in [-0.15, -0.1) is 4.91 Å². The molecule has 8 heteroatoms. The largest absolute Gasteiger partial charge is 0.494 e. The Kier molecular flexibility index (Phi) is 2.86. The maximum Gasteiger partial charge on any atom is 0.271 e. The maximum absolute atomic E-state index is 11.3. The monoisotopic (exact) mass is 322 g/mol. The molecule has 4 rings (SSSR count). The summed E-state index contributed by atoms with van der Waals surface area (Å²) in [7, 11) is 0. The highest BCUT2D eigenvalue weighted by Crippen LogP contribution is 2.44. The lowest BCUT2D eigenvalue weighted by atomic mass is 10.1. The number of hydrogen-bond acceptors (Lipinski definition) is 5. The lowest BCUT2D eigenvalue weighted by molar-refractivity contribution is -0.384. The number of aromatic nitrogens is 2. The summed E-state index contributed by atoms with van der Waals surface area (Å²) in [5, 5.41) is 25.4. The molecule has 0 saturated heterocycles. The van der Waals surface area contributed by atoms with Crippen LogP contribution in [0.3, 0.4) is 0 Å². The number of rotatable bonds is 3. The van der Waals surface area contributed by atoms with Crippen LogP contribution in [-0.4, -0.2) is 20.0 Å². The molecule has 8 nitrogen and oxygen atoms in total. The van der Waals surface area contributed by atoms with E-state index in [9.17, 15) is 20.1 Å². The molecular weight excluding hydrogens is 312 g/mol. The van der Waals surface area contributed by atoms with Crippen LogP contribution in [0.5, 0.6) is 5.88 Å². The molecule has 0 radical (unpaired) electrons. The van der Waals surface area contributed by atoms with Crippen molar-refractivity contribution >= 4 is 33.2 Å². The molecule has 0 aliphatic rings. The molecule has 2 aromatic heterocycles. The van der Waals surface area contributed by atoms with Gasteiger partial charge in [0.05, 0.1) is 21.7 Å². The molecule has 118 valence electrons. The van der Waals surface area contributed by atoms with Crippen molar-refractivity contribution < 1.29 is 10.0 Å². The number of para-hydroxylation sites is 1. The van der Waals surface area contributed by atoms with E-state index in [1.165, 1.54) is 18.2 Å². The molecule has 0 saturated carbocycles. The summed E-state index contributed by atoms with van der Waals surface area (Å²) in [4.78, 5) is 27.5. The number of H-pyrrole nitrogens is 2. The maximum atomic E-state index is 11.3. The van der Waals surface area contributed by atoms with E-state index in [1.807, 2.05) is 6.07 Å². The lowest BCUT2D eigenvalue weighted by Gasteiger charge is -1.98. The number of nitro groups is 1. The molecule has 24 heavy (non-hydrogen) atoms. The summed E-state index contributed by atoms with van der Waals surface area (Å²) >= 11 is 0. The quantitative estimate of drug-likeness (QED) is 0.295. The number of nitroso groups, excluding NO2 is 1. The van der Waals surface area contributed by atoms with Gasteiger partial charge in [-0.1, -0.05) is 18.2 Å². The van der Waals surface area contributed by atoms with E-state index in [-0.39, 0.29) is 17.3 Å². The van der Waals surface area contributed by atoms with Gasteiger partial charge in [-0.2, -0.15) is 0 Å². The summed E-state index contributed by atoms with van der Waals surface area (Å²) < 4.78 is 0. The molecular formula is C16H10N4O4. The molecule has 0 aliphatic heterocycles. The van der Waals surface area contributed by atoms with Crippen LogP contribution < -0.4 is 0 Å². The summed E-state index contributed by atoms with van der Waals surface area (Å²) in [5.74, 6) is -0.193. The first kappa shape index (κ1) is 13.9. The second-order valence-electron chi connectivity index (χ2n) is 5.32. The Morgan fingerprint density at radius 2 is 1.83 bits per heavy atom. The lowest BCUT2D eigenvalue weighted by Crippen LogP contribution is -1.86. The number of aromatic hydroxyl groups is 1. The Labute approximate surface area is 133 Å². The first-order valence-corrected chi connectivity index (χ1v) is 7.03. The van der Waals surface area contributed by atoms with Gasteiger partial charge in [0.2, 0.25) is 0 Å². The van der Waals surface area contributed by atoms with Crippen molar-refractivity contribution in [2.45, 2.75) is 0 Å². The summed E-state index contributed by atoms with van der Waals surface area (Å²) in [6, 6.07) is 11.3. The minimum Gasteiger partial charge on any atom is -0.494 e. The summed E-state index contributed by atoms with van der Waals surface area (Å²) in [5.41, 5.74) is 1.90. The second-order valence-corrected chi connectivity index (χ2v) is 5.32. The molecule has 2 aromatic carbocycles. The first-order valence-electron chi connectivity index (χ1n) is 7.03. The fraction of sp³-hybridized carbons (Fsp3) is 0. The number of nitro benzene ring substituents is 1. The van der Waals surface area contributed by atoms with Gasteiger partial charge < -0.3 is 15.1 Å². The van der Waals surface area contributed by atoms with E-state index in [2.05, 4.69) is 15.1 Å². The average Bonchev–Trinajstić information content (AvgIpc) is 3.09. The van der Waals surface area contributed by atoms with Gasteiger partial charge in [-0.05, 0) is 17.3 Å². The SMILES string of the molecule is O=Nc1c(-c2c(O)[nH]c3cc([N+](=O)[O-])ccc23)[nH]c2ccccc12. The highest BCUT2D eigenvalue weighted by atomic mass is 16.6. The van der Waals surface area contributed by atoms with Crippen molar-refractivity contribution in [3.8, 4) is 17.1 Å². The first-order chi connectivity index (χ1) is 11.6. The van der Waals surface area contributed by atoms with Crippen LogP contribution in [0.2, 0.25) is 0 Å². The van der Waals surface area contributed by atoms with Crippen molar-refractivity contribution in [1.82, 2.24) is 9.97 Å². The van der Waals surface area contributed by atoms with Crippen LogP contribution in [0.25, 0.3) is 33.1 Å². The molecule has 2 heterocycles. The number of benzene rings is 2. The predicted octanol–water partition coefficient (Wildman–Crippen LogP) is 4.33. The molecule has 0 amide bonds. The molecule has 0 aliphatic carbocycles. The highest BCUT2D eigenvalue weighted by molar-refractivity contribution is 6.07. The van der Waals surface area contributed by atoms with Crippen LogP contribution in [0, 0.1) is 15.0 Å². The van der Waals surface area contributed by atoms with Gasteiger partial charge in [-0.3, -0.25) is 10.1 Å². The number of fused-ring (bicyclic) bond motifs is 2. The zero-order chi connectivity index (χ0) is 16.8. The topological polar surface area (TPSA) is 124 Å². The van der Waals surface area contributed by atoms with Gasteiger partial charge in [0.25, 0.3) is 5.69 Å². The van der Waals surface area contributed by atoms with E-state index in [0.29, 0.717) is 33.1 Å². The third kappa shape index (κ3) is 1.86. The minimum absolute atomic E-state index is 0.0966. The molecule has 0 fully saturated rings. The van der Waals surface area contributed by atoms with E-state index >= 15 is 0 Å². The van der Waals surface area contributed by atoms with Crippen molar-refractivity contribution in [3.63, 3.8) is 0 Å². The van der Waals surface area contributed by atoms with Gasteiger partial charge in [0, 0.05) is 28.4 Å². The Balaban J connectivity index is 2.05. The Morgan fingerprint density at radius 1 is 1.04 bits per heavy atom. The van der Waals surface area contributed by atoms with Crippen molar-refractivity contribution in [3.05, 3.63) is 57.5 Å². The van der Waals surface area contributed by atoms with Crippen LogP contribution in [0.4, 0.5) is 11.4 Å². The average molecular weight is 322 g/mol. The van der Waals surface area contributed by atoms with Crippen molar-refractivity contribution in [2.24, 2.45) is 5.18 Å². The second kappa shape index (κ2) is 4.92. The number of nitrogens with zero attached hydrogens (tertiary/aromatic N) is 2. The van der Waals surface area contributed by atoms with E-state index in [0.717, 1.165) is 0 Å². The van der Waals surface area contributed by atoms with E-state index in [4.69, 9.17) is 0 Å². The van der Waals surface area contributed by atoms with Crippen LogP contribution in [0.1, 0.15) is 0 Å². The summed E-state index contributed by atoms with van der Waals surface area (Å²) in [6.07, 6.45) is 0. The van der Waals surface area contributed by atoms with Crippen molar-refractivity contribution in [2.75, 3.05) is 0 Å². The predicted molar refractivity (Wildman–Crippen MR) is 89.4 cm³/mol. The van der Waals surface area contributed by atoms with Crippen LogP contribution in [-0.2, 0) is 0 Å². The number of aromatic amines is 2. The number of non-ortho nitro benzene ring substituents is 1. The number of hydrogen-bond donors (Lipinski definition) is 3. The fourth-order valence-electron chi connectivity index (χ4n) is 2.94. The minimum atomic E-state index is -0.516. The Hall–Kier alpha value is -3.68. The fourth-order valence-corrected chi connectivity index (χ4v) is 2.94. The third-order valence-electron chi connectivity index (χ3n) is 3.99. The van der Waals surface area contributed by atoms with Gasteiger partial charge in [0.1, 0.15) is 5.69 Å². The van der Waals surface area contributed by atoms with E-state index < -0.39 is 4.92 Å².